The van der Waals surface area contributed by atoms with E-state index >= 15 is 0 Å². The second kappa shape index (κ2) is 7.39. The van der Waals surface area contributed by atoms with Gasteiger partial charge in [-0.2, -0.15) is 15.0 Å². The van der Waals surface area contributed by atoms with Crippen LogP contribution in [0.5, 0.6) is 0 Å². The minimum absolute atomic E-state index is 0.289. The summed E-state index contributed by atoms with van der Waals surface area (Å²) in [6.45, 7) is 1.64. The standard InChI is InChI=1S/C18H17N5O2/c1-13(21-18(25)14-5-3-2-4-6-14)17(24)22-15-7-9-16(10-8-15)23-19-11-12-20-23/h2-13H,1H3,(H,21,25)(H,22,24). The Morgan fingerprint density at radius 1 is 0.960 bits per heavy atom. The molecule has 7 nitrogen and oxygen atoms in total. The fourth-order valence-corrected chi connectivity index (χ4v) is 2.21. The van der Waals surface area contributed by atoms with Crippen LogP contribution in [0.1, 0.15) is 17.3 Å². The van der Waals surface area contributed by atoms with Gasteiger partial charge in [0, 0.05) is 11.3 Å². The summed E-state index contributed by atoms with van der Waals surface area (Å²) >= 11 is 0. The molecule has 0 aliphatic rings. The fourth-order valence-electron chi connectivity index (χ4n) is 2.21. The number of aromatic nitrogens is 3. The van der Waals surface area contributed by atoms with Crippen LogP contribution in [0.25, 0.3) is 5.69 Å². The Morgan fingerprint density at radius 3 is 2.24 bits per heavy atom. The first-order chi connectivity index (χ1) is 12.1. The molecule has 0 aliphatic carbocycles. The topological polar surface area (TPSA) is 88.9 Å². The van der Waals surface area contributed by atoms with Crippen molar-refractivity contribution in [3.8, 4) is 5.69 Å². The van der Waals surface area contributed by atoms with Gasteiger partial charge in [-0.3, -0.25) is 9.59 Å². The number of hydrogen-bond donors (Lipinski definition) is 2. The van der Waals surface area contributed by atoms with E-state index in [9.17, 15) is 9.59 Å². The second-order valence-electron chi connectivity index (χ2n) is 5.42. The highest BCUT2D eigenvalue weighted by Gasteiger charge is 2.16. The molecule has 3 rings (SSSR count). The van der Waals surface area contributed by atoms with Gasteiger partial charge in [0.1, 0.15) is 6.04 Å². The molecule has 7 heteroatoms. The van der Waals surface area contributed by atoms with Crippen molar-refractivity contribution in [2.75, 3.05) is 5.32 Å². The number of carbonyl (C=O) groups is 2. The first-order valence-electron chi connectivity index (χ1n) is 7.77. The Hall–Kier alpha value is -3.48. The minimum Gasteiger partial charge on any atom is -0.341 e. The van der Waals surface area contributed by atoms with E-state index in [1.165, 1.54) is 4.80 Å². The van der Waals surface area contributed by atoms with Crippen molar-refractivity contribution in [1.29, 1.82) is 0 Å². The average Bonchev–Trinajstić information content (AvgIpc) is 3.17. The molecule has 25 heavy (non-hydrogen) atoms. The lowest BCUT2D eigenvalue weighted by Crippen LogP contribution is -2.41. The fraction of sp³-hybridized carbons (Fsp3) is 0.111. The number of anilines is 1. The van der Waals surface area contributed by atoms with Crippen molar-refractivity contribution in [3.63, 3.8) is 0 Å². The van der Waals surface area contributed by atoms with Crippen LogP contribution in [0.15, 0.2) is 67.0 Å². The zero-order valence-electron chi connectivity index (χ0n) is 13.6. The Balaban J connectivity index is 1.59. The molecule has 1 aromatic heterocycles. The molecule has 0 saturated heterocycles. The maximum absolute atomic E-state index is 12.2. The zero-order chi connectivity index (χ0) is 17.6. The number of amides is 2. The minimum atomic E-state index is -0.667. The van der Waals surface area contributed by atoms with Crippen LogP contribution in [0.4, 0.5) is 5.69 Å². The molecule has 3 aromatic rings. The lowest BCUT2D eigenvalue weighted by molar-refractivity contribution is -0.117. The molecule has 126 valence electrons. The van der Waals surface area contributed by atoms with Crippen molar-refractivity contribution in [2.45, 2.75) is 13.0 Å². The summed E-state index contributed by atoms with van der Waals surface area (Å²) in [6, 6.07) is 15.2. The molecule has 1 atom stereocenters. The van der Waals surface area contributed by atoms with E-state index in [1.807, 2.05) is 6.07 Å². The highest BCUT2D eigenvalue weighted by atomic mass is 16.2. The van der Waals surface area contributed by atoms with Gasteiger partial charge in [0.05, 0.1) is 18.1 Å². The summed E-state index contributed by atoms with van der Waals surface area (Å²) in [4.78, 5) is 25.8. The number of hydrogen-bond acceptors (Lipinski definition) is 4. The molecule has 2 aromatic carbocycles. The van der Waals surface area contributed by atoms with Gasteiger partial charge in [0.25, 0.3) is 5.91 Å². The largest absolute Gasteiger partial charge is 0.341 e. The Morgan fingerprint density at radius 2 is 1.60 bits per heavy atom. The van der Waals surface area contributed by atoms with Crippen LogP contribution < -0.4 is 10.6 Å². The van der Waals surface area contributed by atoms with Gasteiger partial charge in [-0.15, -0.1) is 0 Å². The smallest absolute Gasteiger partial charge is 0.251 e. The molecule has 0 radical (unpaired) electrons. The number of nitrogens with zero attached hydrogens (tertiary/aromatic N) is 3. The van der Waals surface area contributed by atoms with Crippen LogP contribution >= 0.6 is 0 Å². The van der Waals surface area contributed by atoms with Crippen LogP contribution in [-0.2, 0) is 4.79 Å². The summed E-state index contributed by atoms with van der Waals surface area (Å²) in [7, 11) is 0. The Labute approximate surface area is 144 Å². The molecular formula is C18H17N5O2. The van der Waals surface area contributed by atoms with Crippen molar-refractivity contribution in [1.82, 2.24) is 20.3 Å². The lowest BCUT2D eigenvalue weighted by atomic mass is 10.2. The Kier molecular flexibility index (Phi) is 4.84. The van der Waals surface area contributed by atoms with Gasteiger partial charge in [-0.1, -0.05) is 18.2 Å². The summed E-state index contributed by atoms with van der Waals surface area (Å²) < 4.78 is 0. The molecule has 2 N–H and O–H groups in total. The molecule has 0 fully saturated rings. The molecule has 0 aliphatic heterocycles. The van der Waals surface area contributed by atoms with E-state index in [1.54, 1.807) is 67.8 Å². The van der Waals surface area contributed by atoms with Gasteiger partial charge in [0.2, 0.25) is 5.91 Å². The summed E-state index contributed by atoms with van der Waals surface area (Å²) in [5.41, 5.74) is 1.92. The van der Waals surface area contributed by atoms with Crippen LogP contribution in [-0.4, -0.2) is 32.9 Å². The van der Waals surface area contributed by atoms with E-state index in [2.05, 4.69) is 20.8 Å². The SMILES string of the molecule is CC(NC(=O)c1ccccc1)C(=O)Nc1ccc(-n2nccn2)cc1. The van der Waals surface area contributed by atoms with Gasteiger partial charge >= 0.3 is 0 Å². The van der Waals surface area contributed by atoms with Crippen molar-refractivity contribution in [3.05, 3.63) is 72.6 Å². The highest BCUT2D eigenvalue weighted by Crippen LogP contribution is 2.12. The molecule has 1 unspecified atom stereocenters. The molecular weight excluding hydrogens is 318 g/mol. The lowest BCUT2D eigenvalue weighted by Gasteiger charge is -2.14. The predicted molar refractivity (Wildman–Crippen MR) is 93.4 cm³/mol. The number of benzene rings is 2. The van der Waals surface area contributed by atoms with Crippen molar-refractivity contribution in [2.24, 2.45) is 0 Å². The van der Waals surface area contributed by atoms with Gasteiger partial charge in [0.15, 0.2) is 0 Å². The molecule has 2 amide bonds. The third kappa shape index (κ3) is 4.08. The number of nitrogens with one attached hydrogen (secondary N) is 2. The molecule has 0 saturated carbocycles. The van der Waals surface area contributed by atoms with E-state index < -0.39 is 6.04 Å². The van der Waals surface area contributed by atoms with Gasteiger partial charge < -0.3 is 10.6 Å². The number of rotatable bonds is 5. The van der Waals surface area contributed by atoms with E-state index in [4.69, 9.17) is 0 Å². The highest BCUT2D eigenvalue weighted by molar-refractivity contribution is 6.00. The molecule has 0 spiro atoms. The molecule has 0 bridgehead atoms. The third-order valence-electron chi connectivity index (χ3n) is 3.56. The van der Waals surface area contributed by atoms with Gasteiger partial charge in [-0.05, 0) is 43.3 Å². The summed E-state index contributed by atoms with van der Waals surface area (Å²) in [5, 5.41) is 13.5. The maximum Gasteiger partial charge on any atom is 0.251 e. The summed E-state index contributed by atoms with van der Waals surface area (Å²) in [6.07, 6.45) is 3.18. The van der Waals surface area contributed by atoms with Crippen molar-refractivity contribution >= 4 is 17.5 Å². The van der Waals surface area contributed by atoms with Gasteiger partial charge in [-0.25, -0.2) is 0 Å². The second-order valence-corrected chi connectivity index (χ2v) is 5.42. The van der Waals surface area contributed by atoms with E-state index in [-0.39, 0.29) is 11.8 Å². The zero-order valence-corrected chi connectivity index (χ0v) is 13.6. The predicted octanol–water partition coefficient (Wildman–Crippen LogP) is 2.02. The third-order valence-corrected chi connectivity index (χ3v) is 3.56. The van der Waals surface area contributed by atoms with E-state index in [0.717, 1.165) is 5.69 Å². The average molecular weight is 335 g/mol. The quantitative estimate of drug-likeness (QED) is 0.746. The monoisotopic (exact) mass is 335 g/mol. The maximum atomic E-state index is 12.2. The first kappa shape index (κ1) is 16.4. The van der Waals surface area contributed by atoms with Crippen LogP contribution in [0.2, 0.25) is 0 Å². The van der Waals surface area contributed by atoms with E-state index in [0.29, 0.717) is 11.3 Å². The molecule has 1 heterocycles. The van der Waals surface area contributed by atoms with Crippen molar-refractivity contribution < 1.29 is 9.59 Å². The first-order valence-corrected chi connectivity index (χ1v) is 7.77. The normalized spacial score (nSPS) is 11.6. The summed E-state index contributed by atoms with van der Waals surface area (Å²) in [5.74, 6) is -0.586. The van der Waals surface area contributed by atoms with Crippen LogP contribution in [0.3, 0.4) is 0 Å². The number of carbonyl (C=O) groups excluding carboxylic acids is 2. The Bertz CT molecular complexity index is 845. The van der Waals surface area contributed by atoms with Crippen LogP contribution in [0, 0.1) is 0 Å².